The van der Waals surface area contributed by atoms with E-state index in [2.05, 4.69) is 17.4 Å². The topological polar surface area (TPSA) is 76.8 Å². The smallest absolute Gasteiger partial charge is 0.322 e. The maximum absolute atomic E-state index is 12.7. The van der Waals surface area contributed by atoms with E-state index >= 15 is 0 Å². The number of anilines is 1. The van der Waals surface area contributed by atoms with E-state index in [1.54, 1.807) is 12.1 Å². The summed E-state index contributed by atoms with van der Waals surface area (Å²) < 4.78 is 16.0. The number of benzene rings is 1. The molecule has 2 amide bonds. The summed E-state index contributed by atoms with van der Waals surface area (Å²) in [6.45, 7) is 3.02. The summed E-state index contributed by atoms with van der Waals surface area (Å²) in [7, 11) is 0. The van der Waals surface area contributed by atoms with Crippen LogP contribution in [0.3, 0.4) is 0 Å². The Hall–Kier alpha value is -2.70. The molecule has 1 aromatic carbocycles. The summed E-state index contributed by atoms with van der Waals surface area (Å²) in [5.41, 5.74) is 1.52. The van der Waals surface area contributed by atoms with Crippen molar-refractivity contribution in [3.05, 3.63) is 35.7 Å². The van der Waals surface area contributed by atoms with Crippen molar-refractivity contribution < 1.29 is 18.8 Å². The number of likely N-dealkylation sites (tertiary alicyclic amines) is 1. The minimum atomic E-state index is -0.138. The lowest BCUT2D eigenvalue weighted by Gasteiger charge is -2.23. The number of aromatic nitrogens is 1. The van der Waals surface area contributed by atoms with Gasteiger partial charge in [0.1, 0.15) is 11.5 Å². The molecule has 0 unspecified atom stereocenters. The van der Waals surface area contributed by atoms with Crippen molar-refractivity contribution in [2.75, 3.05) is 18.7 Å². The number of carbonyl (C=O) groups is 1. The molecular formula is C18H21N3O4. The molecule has 25 heavy (non-hydrogen) atoms. The average Bonchev–Trinajstić information content (AvgIpc) is 3.34. The molecule has 4 rings (SSSR count). The zero-order valence-electron chi connectivity index (χ0n) is 14.2. The number of amides is 2. The van der Waals surface area contributed by atoms with Gasteiger partial charge in [-0.2, -0.15) is 0 Å². The normalized spacial score (nSPS) is 18.6. The van der Waals surface area contributed by atoms with Gasteiger partial charge in [-0.15, -0.1) is 0 Å². The third-order valence-corrected chi connectivity index (χ3v) is 4.55. The van der Waals surface area contributed by atoms with Crippen LogP contribution in [0.4, 0.5) is 10.5 Å². The highest BCUT2D eigenvalue weighted by Gasteiger charge is 2.32. The van der Waals surface area contributed by atoms with E-state index in [1.807, 2.05) is 17.0 Å². The molecule has 0 aliphatic carbocycles. The highest BCUT2D eigenvalue weighted by atomic mass is 16.7. The number of hydrogen-bond donors (Lipinski definition) is 1. The first kappa shape index (κ1) is 15.8. The summed E-state index contributed by atoms with van der Waals surface area (Å²) in [6, 6.07) is 7.19. The average molecular weight is 343 g/mol. The lowest BCUT2D eigenvalue weighted by atomic mass is 10.1. The van der Waals surface area contributed by atoms with Crippen molar-refractivity contribution in [3.63, 3.8) is 0 Å². The monoisotopic (exact) mass is 343 g/mol. The van der Waals surface area contributed by atoms with Gasteiger partial charge >= 0.3 is 6.03 Å². The molecule has 7 heteroatoms. The molecule has 0 bridgehead atoms. The van der Waals surface area contributed by atoms with Crippen LogP contribution in [0.15, 0.2) is 28.8 Å². The van der Waals surface area contributed by atoms with Crippen LogP contribution in [0.25, 0.3) is 0 Å². The van der Waals surface area contributed by atoms with E-state index in [-0.39, 0.29) is 18.9 Å². The number of urea groups is 1. The van der Waals surface area contributed by atoms with E-state index in [1.165, 1.54) is 0 Å². The first-order chi connectivity index (χ1) is 12.2. The molecule has 1 aromatic heterocycles. The Morgan fingerprint density at radius 3 is 3.08 bits per heavy atom. The number of nitrogens with one attached hydrogen (secondary N) is 1. The Morgan fingerprint density at radius 1 is 1.32 bits per heavy atom. The molecule has 2 aliphatic heterocycles. The maximum atomic E-state index is 12.7. The maximum Gasteiger partial charge on any atom is 0.322 e. The van der Waals surface area contributed by atoms with Crippen molar-refractivity contribution in [1.82, 2.24) is 10.1 Å². The van der Waals surface area contributed by atoms with Crippen LogP contribution < -0.4 is 14.8 Å². The Balaban J connectivity index is 1.46. The lowest BCUT2D eigenvalue weighted by Crippen LogP contribution is -2.34. The molecule has 7 nitrogen and oxygen atoms in total. The number of fused-ring (bicyclic) bond motifs is 1. The zero-order valence-corrected chi connectivity index (χ0v) is 14.2. The van der Waals surface area contributed by atoms with Crippen molar-refractivity contribution in [1.29, 1.82) is 0 Å². The lowest BCUT2D eigenvalue weighted by molar-refractivity contribution is 0.174. The predicted octanol–water partition coefficient (Wildman–Crippen LogP) is 3.72. The van der Waals surface area contributed by atoms with Crippen LogP contribution in [-0.2, 0) is 6.42 Å². The summed E-state index contributed by atoms with van der Waals surface area (Å²) in [5, 5.41) is 7.11. The van der Waals surface area contributed by atoms with Gasteiger partial charge in [0.25, 0.3) is 0 Å². The van der Waals surface area contributed by atoms with Crippen LogP contribution in [0.2, 0.25) is 0 Å². The highest BCUT2D eigenvalue weighted by Crippen LogP contribution is 2.35. The Bertz CT molecular complexity index is 773. The van der Waals surface area contributed by atoms with Gasteiger partial charge in [0.15, 0.2) is 11.5 Å². The Labute approximate surface area is 145 Å². The number of ether oxygens (including phenoxy) is 2. The number of rotatable bonds is 4. The van der Waals surface area contributed by atoms with Gasteiger partial charge in [-0.1, -0.05) is 12.1 Å². The first-order valence-corrected chi connectivity index (χ1v) is 8.67. The second kappa shape index (κ2) is 6.66. The van der Waals surface area contributed by atoms with Crippen molar-refractivity contribution in [2.24, 2.45) is 0 Å². The van der Waals surface area contributed by atoms with Crippen LogP contribution in [0, 0.1) is 0 Å². The van der Waals surface area contributed by atoms with Gasteiger partial charge in [0.05, 0.1) is 6.04 Å². The van der Waals surface area contributed by atoms with Crippen LogP contribution in [-0.4, -0.2) is 29.4 Å². The summed E-state index contributed by atoms with van der Waals surface area (Å²) in [5.74, 6) is 2.22. The molecule has 0 radical (unpaired) electrons. The SMILES string of the molecule is CCCc1cc([C@@H]2CCCN2C(=O)Nc2ccc3c(c2)OCO3)no1. The molecule has 1 N–H and O–H groups in total. The second-order valence-corrected chi connectivity index (χ2v) is 6.32. The van der Waals surface area contributed by atoms with Gasteiger partial charge in [0, 0.05) is 30.8 Å². The van der Waals surface area contributed by atoms with Gasteiger partial charge in [-0.3, -0.25) is 0 Å². The van der Waals surface area contributed by atoms with E-state index < -0.39 is 0 Å². The number of hydrogen-bond acceptors (Lipinski definition) is 5. The predicted molar refractivity (Wildman–Crippen MR) is 90.8 cm³/mol. The fourth-order valence-electron chi connectivity index (χ4n) is 3.34. The van der Waals surface area contributed by atoms with E-state index in [0.717, 1.165) is 37.1 Å². The van der Waals surface area contributed by atoms with Gasteiger partial charge in [0.2, 0.25) is 6.79 Å². The molecule has 1 saturated heterocycles. The zero-order chi connectivity index (χ0) is 17.2. The summed E-state index contributed by atoms with van der Waals surface area (Å²) in [4.78, 5) is 14.5. The number of carbonyl (C=O) groups excluding carboxylic acids is 1. The van der Waals surface area contributed by atoms with Crippen molar-refractivity contribution >= 4 is 11.7 Å². The Morgan fingerprint density at radius 2 is 2.20 bits per heavy atom. The minimum absolute atomic E-state index is 0.0385. The molecule has 2 aromatic rings. The van der Waals surface area contributed by atoms with Gasteiger partial charge in [-0.25, -0.2) is 4.79 Å². The quantitative estimate of drug-likeness (QED) is 0.915. The molecule has 0 spiro atoms. The van der Waals surface area contributed by atoms with E-state index in [4.69, 9.17) is 14.0 Å². The molecule has 1 fully saturated rings. The van der Waals surface area contributed by atoms with Gasteiger partial charge in [-0.05, 0) is 31.4 Å². The fraction of sp³-hybridized carbons (Fsp3) is 0.444. The number of aryl methyl sites for hydroxylation is 1. The second-order valence-electron chi connectivity index (χ2n) is 6.32. The largest absolute Gasteiger partial charge is 0.454 e. The van der Waals surface area contributed by atoms with Gasteiger partial charge < -0.3 is 24.2 Å². The Kier molecular flexibility index (Phi) is 4.21. The first-order valence-electron chi connectivity index (χ1n) is 8.67. The molecular weight excluding hydrogens is 322 g/mol. The third-order valence-electron chi connectivity index (χ3n) is 4.55. The third kappa shape index (κ3) is 3.14. The standard InChI is InChI=1S/C18H21N3O4/c1-2-4-13-10-14(20-25-13)15-5-3-8-21(15)18(22)19-12-6-7-16-17(9-12)24-11-23-16/h6-7,9-10,15H,2-5,8,11H2,1H3,(H,19,22)/t15-/m0/s1. The van der Waals surface area contributed by atoms with E-state index in [9.17, 15) is 4.79 Å². The molecule has 3 heterocycles. The van der Waals surface area contributed by atoms with Crippen LogP contribution in [0.1, 0.15) is 43.7 Å². The molecule has 1 atom stereocenters. The molecule has 132 valence electrons. The highest BCUT2D eigenvalue weighted by molar-refractivity contribution is 5.90. The minimum Gasteiger partial charge on any atom is -0.454 e. The van der Waals surface area contributed by atoms with Crippen LogP contribution >= 0.6 is 0 Å². The summed E-state index contributed by atoms with van der Waals surface area (Å²) >= 11 is 0. The fourth-order valence-corrected chi connectivity index (χ4v) is 3.34. The van der Waals surface area contributed by atoms with Crippen molar-refractivity contribution in [2.45, 2.75) is 38.6 Å². The molecule has 2 aliphatic rings. The van der Waals surface area contributed by atoms with E-state index in [0.29, 0.717) is 23.7 Å². The molecule has 0 saturated carbocycles. The summed E-state index contributed by atoms with van der Waals surface area (Å²) in [6.07, 6.45) is 3.72. The van der Waals surface area contributed by atoms with Crippen molar-refractivity contribution in [3.8, 4) is 11.5 Å². The number of nitrogens with zero attached hydrogens (tertiary/aromatic N) is 2. The van der Waals surface area contributed by atoms with Crippen LogP contribution in [0.5, 0.6) is 11.5 Å².